The SMILES string of the molecule is CC=Cc1cc(C(c2ccc(F)c(C=CC)c2)(C(F)(F)F)C(F)(F)F)ccc1F. The molecule has 0 amide bonds. The summed E-state index contributed by atoms with van der Waals surface area (Å²) >= 11 is 0. The van der Waals surface area contributed by atoms with Crippen LogP contribution < -0.4 is 0 Å². The van der Waals surface area contributed by atoms with E-state index in [1.165, 1.54) is 26.0 Å². The highest BCUT2D eigenvalue weighted by atomic mass is 19.4. The predicted octanol–water partition coefficient (Wildman–Crippen LogP) is 7.44. The van der Waals surface area contributed by atoms with Crippen LogP contribution in [-0.2, 0) is 5.41 Å². The lowest BCUT2D eigenvalue weighted by molar-refractivity contribution is -0.288. The summed E-state index contributed by atoms with van der Waals surface area (Å²) in [5.74, 6) is -1.95. The van der Waals surface area contributed by atoms with Crippen LogP contribution in [0.3, 0.4) is 0 Å². The lowest BCUT2D eigenvalue weighted by atomic mass is 9.72. The van der Waals surface area contributed by atoms with Gasteiger partial charge in [-0.2, -0.15) is 26.3 Å². The van der Waals surface area contributed by atoms with Crippen LogP contribution in [0.4, 0.5) is 35.1 Å². The molecular formula is C21H16F8. The fourth-order valence-corrected chi connectivity index (χ4v) is 3.15. The Bertz CT molecular complexity index is 855. The third-order valence-corrected chi connectivity index (χ3v) is 4.40. The number of benzene rings is 2. The summed E-state index contributed by atoms with van der Waals surface area (Å²) in [6, 6.07) is 3.01. The number of alkyl halides is 6. The van der Waals surface area contributed by atoms with Gasteiger partial charge in [0.2, 0.25) is 5.41 Å². The first-order valence-corrected chi connectivity index (χ1v) is 8.39. The Morgan fingerprint density at radius 1 is 0.621 bits per heavy atom. The van der Waals surface area contributed by atoms with E-state index in [1.54, 1.807) is 0 Å². The molecule has 8 heteroatoms. The van der Waals surface area contributed by atoms with Gasteiger partial charge in [0, 0.05) is 11.1 Å². The van der Waals surface area contributed by atoms with Gasteiger partial charge in [-0.15, -0.1) is 0 Å². The molecule has 0 radical (unpaired) electrons. The first kappa shape index (κ1) is 22.6. The Balaban J connectivity index is 3.00. The van der Waals surface area contributed by atoms with Crippen LogP contribution >= 0.6 is 0 Å². The maximum atomic E-state index is 14.1. The van der Waals surface area contributed by atoms with Crippen molar-refractivity contribution >= 4 is 12.2 Å². The smallest absolute Gasteiger partial charge is 0.206 e. The molecule has 0 nitrogen and oxygen atoms in total. The fourth-order valence-electron chi connectivity index (χ4n) is 3.15. The molecule has 0 N–H and O–H groups in total. The van der Waals surface area contributed by atoms with E-state index >= 15 is 0 Å². The van der Waals surface area contributed by atoms with Gasteiger partial charge in [0.05, 0.1) is 0 Å². The molecule has 2 rings (SSSR count). The number of hydrogen-bond acceptors (Lipinski definition) is 0. The summed E-state index contributed by atoms with van der Waals surface area (Å²) in [5.41, 5.74) is -7.78. The molecule has 156 valence electrons. The van der Waals surface area contributed by atoms with E-state index < -0.39 is 51.7 Å². The summed E-state index contributed by atoms with van der Waals surface area (Å²) in [4.78, 5) is 0. The molecule has 2 aromatic carbocycles. The molecular weight excluding hydrogens is 404 g/mol. The van der Waals surface area contributed by atoms with E-state index in [0.29, 0.717) is 36.4 Å². The molecule has 0 heterocycles. The Hall–Kier alpha value is -2.64. The molecule has 0 saturated carbocycles. The van der Waals surface area contributed by atoms with Crippen LogP contribution in [0.25, 0.3) is 12.2 Å². The minimum atomic E-state index is -5.85. The normalized spacial score (nSPS) is 13.6. The van der Waals surface area contributed by atoms with E-state index in [4.69, 9.17) is 0 Å². The van der Waals surface area contributed by atoms with Crippen molar-refractivity contribution in [2.24, 2.45) is 0 Å². The molecule has 0 fully saturated rings. The Labute approximate surface area is 162 Å². The fraction of sp³-hybridized carbons (Fsp3) is 0.238. The molecule has 2 aromatic rings. The van der Waals surface area contributed by atoms with Gasteiger partial charge in [0.1, 0.15) is 11.6 Å². The van der Waals surface area contributed by atoms with E-state index in [9.17, 15) is 35.1 Å². The lowest BCUT2D eigenvalue weighted by Gasteiger charge is -2.38. The van der Waals surface area contributed by atoms with E-state index in [-0.39, 0.29) is 0 Å². The maximum Gasteiger partial charge on any atom is 0.411 e. The zero-order valence-electron chi connectivity index (χ0n) is 15.3. The highest BCUT2D eigenvalue weighted by Crippen LogP contribution is 2.56. The number of halogens is 8. The number of rotatable bonds is 4. The molecule has 0 aliphatic carbocycles. The zero-order chi connectivity index (χ0) is 22.0. The van der Waals surface area contributed by atoms with Crippen molar-refractivity contribution in [2.45, 2.75) is 31.6 Å². The summed E-state index contributed by atoms with van der Waals surface area (Å²) in [6.07, 6.45) is -7.00. The summed E-state index contributed by atoms with van der Waals surface area (Å²) in [7, 11) is 0. The van der Waals surface area contributed by atoms with Crippen LogP contribution in [0.2, 0.25) is 0 Å². The van der Waals surface area contributed by atoms with Gasteiger partial charge in [-0.3, -0.25) is 0 Å². The largest absolute Gasteiger partial charge is 0.411 e. The molecule has 0 aromatic heterocycles. The van der Waals surface area contributed by atoms with Crippen LogP contribution in [0.1, 0.15) is 36.1 Å². The van der Waals surface area contributed by atoms with Crippen molar-refractivity contribution in [3.63, 3.8) is 0 Å². The molecule has 0 aliphatic heterocycles. The Morgan fingerprint density at radius 3 is 1.24 bits per heavy atom. The molecule has 0 saturated heterocycles. The van der Waals surface area contributed by atoms with Crippen LogP contribution in [0, 0.1) is 11.6 Å². The molecule has 0 spiro atoms. The van der Waals surface area contributed by atoms with E-state index in [0.717, 1.165) is 12.2 Å². The molecule has 0 aliphatic rings. The van der Waals surface area contributed by atoms with Gasteiger partial charge in [0.15, 0.2) is 0 Å². The van der Waals surface area contributed by atoms with Crippen molar-refractivity contribution in [3.8, 4) is 0 Å². The van der Waals surface area contributed by atoms with E-state index in [2.05, 4.69) is 0 Å². The van der Waals surface area contributed by atoms with Crippen molar-refractivity contribution in [2.75, 3.05) is 0 Å². The predicted molar refractivity (Wildman–Crippen MR) is 95.1 cm³/mol. The second-order valence-electron chi connectivity index (χ2n) is 6.22. The average molecular weight is 420 g/mol. The summed E-state index contributed by atoms with van der Waals surface area (Å²) in [6.45, 7) is 2.88. The van der Waals surface area contributed by atoms with Crippen LogP contribution in [0.15, 0.2) is 48.6 Å². The molecule has 29 heavy (non-hydrogen) atoms. The minimum absolute atomic E-state index is 0.432. The third kappa shape index (κ3) is 3.93. The van der Waals surface area contributed by atoms with Crippen molar-refractivity contribution < 1.29 is 35.1 Å². The van der Waals surface area contributed by atoms with Gasteiger partial charge in [0.25, 0.3) is 0 Å². The summed E-state index contributed by atoms with van der Waals surface area (Å²) < 4.78 is 113. The van der Waals surface area contributed by atoms with Crippen LogP contribution in [-0.4, -0.2) is 12.4 Å². The minimum Gasteiger partial charge on any atom is -0.206 e. The monoisotopic (exact) mass is 420 g/mol. The second kappa shape index (κ2) is 8.00. The first-order valence-electron chi connectivity index (χ1n) is 8.39. The van der Waals surface area contributed by atoms with Gasteiger partial charge >= 0.3 is 12.4 Å². The average Bonchev–Trinajstić information content (AvgIpc) is 2.59. The van der Waals surface area contributed by atoms with E-state index in [1.807, 2.05) is 0 Å². The van der Waals surface area contributed by atoms with Gasteiger partial charge < -0.3 is 0 Å². The highest BCUT2D eigenvalue weighted by molar-refractivity contribution is 5.57. The van der Waals surface area contributed by atoms with Crippen molar-refractivity contribution in [1.29, 1.82) is 0 Å². The third-order valence-electron chi connectivity index (χ3n) is 4.40. The van der Waals surface area contributed by atoms with Gasteiger partial charge in [-0.05, 0) is 49.2 Å². The first-order chi connectivity index (χ1) is 13.4. The van der Waals surface area contributed by atoms with Crippen LogP contribution in [0.5, 0.6) is 0 Å². The van der Waals surface area contributed by atoms with Gasteiger partial charge in [-0.25, -0.2) is 8.78 Å². The lowest BCUT2D eigenvalue weighted by Crippen LogP contribution is -2.54. The Morgan fingerprint density at radius 2 is 0.966 bits per heavy atom. The molecule has 0 bridgehead atoms. The highest BCUT2D eigenvalue weighted by Gasteiger charge is 2.72. The topological polar surface area (TPSA) is 0 Å². The van der Waals surface area contributed by atoms with Gasteiger partial charge in [-0.1, -0.05) is 36.4 Å². The van der Waals surface area contributed by atoms with Crippen molar-refractivity contribution in [3.05, 3.63) is 82.4 Å². The summed E-state index contributed by atoms with van der Waals surface area (Å²) in [5, 5.41) is 0. The van der Waals surface area contributed by atoms with Crippen molar-refractivity contribution in [1.82, 2.24) is 0 Å². The standard InChI is InChI=1S/C21H16F8/c1-3-5-13-11-15(7-9-17(13)22)19(20(24,25)26,21(27,28)29)16-8-10-18(23)14(12-16)6-4-2/h3-12H,1-2H3. The molecule has 0 atom stereocenters. The molecule has 0 unspecified atom stereocenters. The Kier molecular flexibility index (Phi) is 6.25. The maximum absolute atomic E-state index is 14.1. The quantitative estimate of drug-likeness (QED) is 0.451. The zero-order valence-corrected chi connectivity index (χ0v) is 15.3. The number of hydrogen-bond donors (Lipinski definition) is 0. The second-order valence-corrected chi connectivity index (χ2v) is 6.22. The number of allylic oxidation sites excluding steroid dienone is 2.